The Bertz CT molecular complexity index is 900. The van der Waals surface area contributed by atoms with Crippen LogP contribution in [0.15, 0.2) is 48.5 Å². The highest BCUT2D eigenvalue weighted by molar-refractivity contribution is 5.98. The molecule has 130 valence electrons. The molecular weight excluding hydrogens is 319 g/mol. The number of nitrogens with two attached hydrogens (primary N) is 1. The number of esters is 1. The standard InChI is InChI=1S/C20H21FN2O2/c1-3-25-20(24)16(22)12-18-19(13-8-10-14(21)11-9-13)15-6-4-5-7-17(15)23(18)2/h4-11,16H,3,12,22H2,1-2H3. The van der Waals surface area contributed by atoms with Gasteiger partial charge in [-0.15, -0.1) is 0 Å². The zero-order chi connectivity index (χ0) is 18.0. The summed E-state index contributed by atoms with van der Waals surface area (Å²) in [6.07, 6.45) is 0.344. The van der Waals surface area contributed by atoms with Gasteiger partial charge in [-0.3, -0.25) is 4.79 Å². The molecule has 3 rings (SSSR count). The molecule has 0 amide bonds. The van der Waals surface area contributed by atoms with Gasteiger partial charge in [-0.05, 0) is 30.7 Å². The molecule has 1 atom stereocenters. The van der Waals surface area contributed by atoms with Crippen molar-refractivity contribution in [3.63, 3.8) is 0 Å². The first kappa shape index (κ1) is 17.2. The number of hydrogen-bond donors (Lipinski definition) is 1. The molecule has 0 aliphatic carbocycles. The van der Waals surface area contributed by atoms with E-state index in [1.807, 2.05) is 35.9 Å². The smallest absolute Gasteiger partial charge is 0.323 e. The molecule has 0 radical (unpaired) electrons. The van der Waals surface area contributed by atoms with E-state index in [2.05, 4.69) is 0 Å². The maximum absolute atomic E-state index is 13.3. The minimum atomic E-state index is -0.748. The lowest BCUT2D eigenvalue weighted by molar-refractivity contribution is -0.144. The van der Waals surface area contributed by atoms with E-state index in [1.54, 1.807) is 19.1 Å². The SMILES string of the molecule is CCOC(=O)C(N)Cc1c(-c2ccc(F)cc2)c2ccccc2n1C. The van der Waals surface area contributed by atoms with E-state index >= 15 is 0 Å². The maximum atomic E-state index is 13.3. The minimum Gasteiger partial charge on any atom is -0.465 e. The number of hydrogen-bond acceptors (Lipinski definition) is 3. The van der Waals surface area contributed by atoms with Crippen molar-refractivity contribution in [2.45, 2.75) is 19.4 Å². The number of fused-ring (bicyclic) bond motifs is 1. The number of halogens is 1. The Labute approximate surface area is 146 Å². The highest BCUT2D eigenvalue weighted by atomic mass is 19.1. The van der Waals surface area contributed by atoms with Crippen LogP contribution in [0.1, 0.15) is 12.6 Å². The van der Waals surface area contributed by atoms with Crippen LogP contribution in [-0.4, -0.2) is 23.2 Å². The number of carbonyl (C=O) groups excluding carboxylic acids is 1. The van der Waals surface area contributed by atoms with Gasteiger partial charge in [0.05, 0.1) is 6.61 Å². The number of aromatic nitrogens is 1. The molecule has 0 fully saturated rings. The van der Waals surface area contributed by atoms with Crippen molar-refractivity contribution in [3.05, 3.63) is 60.0 Å². The zero-order valence-corrected chi connectivity index (χ0v) is 14.3. The van der Waals surface area contributed by atoms with Gasteiger partial charge in [0.15, 0.2) is 0 Å². The van der Waals surface area contributed by atoms with Crippen molar-refractivity contribution in [1.82, 2.24) is 4.57 Å². The van der Waals surface area contributed by atoms with Crippen LogP contribution in [0.2, 0.25) is 0 Å². The van der Waals surface area contributed by atoms with E-state index in [4.69, 9.17) is 10.5 Å². The quantitative estimate of drug-likeness (QED) is 0.724. The molecule has 0 aliphatic rings. The first-order chi connectivity index (χ1) is 12.0. The second kappa shape index (κ2) is 7.07. The van der Waals surface area contributed by atoms with E-state index in [0.717, 1.165) is 27.7 Å². The van der Waals surface area contributed by atoms with Crippen molar-refractivity contribution in [3.8, 4) is 11.1 Å². The first-order valence-electron chi connectivity index (χ1n) is 8.27. The van der Waals surface area contributed by atoms with Crippen LogP contribution >= 0.6 is 0 Å². The lowest BCUT2D eigenvalue weighted by Crippen LogP contribution is -2.35. The van der Waals surface area contributed by atoms with Crippen LogP contribution in [0.3, 0.4) is 0 Å². The van der Waals surface area contributed by atoms with E-state index in [-0.39, 0.29) is 5.82 Å². The highest BCUT2D eigenvalue weighted by Gasteiger charge is 2.22. The second-order valence-corrected chi connectivity index (χ2v) is 5.97. The van der Waals surface area contributed by atoms with E-state index in [0.29, 0.717) is 13.0 Å². The largest absolute Gasteiger partial charge is 0.465 e. The average Bonchev–Trinajstić information content (AvgIpc) is 2.89. The number of para-hydroxylation sites is 1. The Morgan fingerprint density at radius 2 is 1.88 bits per heavy atom. The molecular formula is C20H21FN2O2. The normalized spacial score (nSPS) is 12.3. The molecule has 2 aromatic carbocycles. The topological polar surface area (TPSA) is 57.2 Å². The van der Waals surface area contributed by atoms with Crippen molar-refractivity contribution in [2.24, 2.45) is 12.8 Å². The van der Waals surface area contributed by atoms with Gasteiger partial charge in [0.1, 0.15) is 11.9 Å². The first-order valence-corrected chi connectivity index (χ1v) is 8.27. The predicted octanol–water partition coefficient (Wildman–Crippen LogP) is 3.42. The molecule has 2 N–H and O–H groups in total. The fraction of sp³-hybridized carbons (Fsp3) is 0.250. The molecule has 5 heteroatoms. The summed E-state index contributed by atoms with van der Waals surface area (Å²) < 4.78 is 20.4. The Morgan fingerprint density at radius 1 is 1.20 bits per heavy atom. The number of carbonyl (C=O) groups is 1. The maximum Gasteiger partial charge on any atom is 0.323 e. The van der Waals surface area contributed by atoms with E-state index in [1.165, 1.54) is 12.1 Å². The van der Waals surface area contributed by atoms with Gasteiger partial charge in [-0.25, -0.2) is 4.39 Å². The molecule has 3 aromatic rings. The van der Waals surface area contributed by atoms with E-state index < -0.39 is 12.0 Å². The third-order valence-electron chi connectivity index (χ3n) is 4.36. The Morgan fingerprint density at radius 3 is 2.56 bits per heavy atom. The van der Waals surface area contributed by atoms with Crippen LogP contribution in [0.25, 0.3) is 22.0 Å². The third kappa shape index (κ3) is 3.28. The zero-order valence-electron chi connectivity index (χ0n) is 14.3. The number of nitrogens with zero attached hydrogens (tertiary/aromatic N) is 1. The average molecular weight is 340 g/mol. The van der Waals surface area contributed by atoms with Crippen molar-refractivity contribution < 1.29 is 13.9 Å². The Balaban J connectivity index is 2.13. The van der Waals surface area contributed by atoms with Gasteiger partial charge < -0.3 is 15.0 Å². The van der Waals surface area contributed by atoms with E-state index in [9.17, 15) is 9.18 Å². The summed E-state index contributed by atoms with van der Waals surface area (Å²) >= 11 is 0. The molecule has 0 aliphatic heterocycles. The van der Waals surface area contributed by atoms with Gasteiger partial charge in [-0.2, -0.15) is 0 Å². The summed E-state index contributed by atoms with van der Waals surface area (Å²) in [4.78, 5) is 12.0. The van der Waals surface area contributed by atoms with Gasteiger partial charge in [0.25, 0.3) is 0 Å². The number of aryl methyl sites for hydroxylation is 1. The van der Waals surface area contributed by atoms with Crippen LogP contribution in [-0.2, 0) is 23.0 Å². The number of benzene rings is 2. The molecule has 1 heterocycles. The van der Waals surface area contributed by atoms with Crippen LogP contribution in [0.4, 0.5) is 4.39 Å². The van der Waals surface area contributed by atoms with Gasteiger partial charge in [0.2, 0.25) is 0 Å². The summed E-state index contributed by atoms with van der Waals surface area (Å²) in [6.45, 7) is 2.05. The molecule has 0 bridgehead atoms. The molecule has 4 nitrogen and oxygen atoms in total. The summed E-state index contributed by atoms with van der Waals surface area (Å²) in [5.74, 6) is -0.702. The van der Waals surface area contributed by atoms with Gasteiger partial charge in [0, 0.05) is 35.6 Å². The summed E-state index contributed by atoms with van der Waals surface area (Å²) in [6, 6.07) is 13.6. The molecule has 25 heavy (non-hydrogen) atoms. The summed E-state index contributed by atoms with van der Waals surface area (Å²) in [5.41, 5.74) is 9.87. The third-order valence-corrected chi connectivity index (χ3v) is 4.36. The van der Waals surface area contributed by atoms with Gasteiger partial charge in [-0.1, -0.05) is 30.3 Å². The Kier molecular flexibility index (Phi) is 4.86. The highest BCUT2D eigenvalue weighted by Crippen LogP contribution is 2.35. The van der Waals surface area contributed by atoms with Crippen LogP contribution in [0.5, 0.6) is 0 Å². The molecule has 0 saturated heterocycles. The number of ether oxygens (including phenoxy) is 1. The molecule has 1 aromatic heterocycles. The molecule has 1 unspecified atom stereocenters. The fourth-order valence-corrected chi connectivity index (χ4v) is 3.16. The van der Waals surface area contributed by atoms with Crippen molar-refractivity contribution >= 4 is 16.9 Å². The van der Waals surface area contributed by atoms with Gasteiger partial charge >= 0.3 is 5.97 Å². The summed E-state index contributed by atoms with van der Waals surface area (Å²) in [7, 11) is 1.95. The lowest BCUT2D eigenvalue weighted by atomic mass is 9.99. The van der Waals surface area contributed by atoms with Crippen molar-refractivity contribution in [1.29, 1.82) is 0 Å². The minimum absolute atomic E-state index is 0.284. The summed E-state index contributed by atoms with van der Waals surface area (Å²) in [5, 5.41) is 1.04. The predicted molar refractivity (Wildman–Crippen MR) is 96.6 cm³/mol. The fourth-order valence-electron chi connectivity index (χ4n) is 3.16. The van der Waals surface area contributed by atoms with Crippen LogP contribution in [0, 0.1) is 5.82 Å². The Hall–Kier alpha value is -2.66. The van der Waals surface area contributed by atoms with Crippen LogP contribution < -0.4 is 5.73 Å². The second-order valence-electron chi connectivity index (χ2n) is 5.97. The lowest BCUT2D eigenvalue weighted by Gasteiger charge is -2.14. The molecule has 0 saturated carbocycles. The monoisotopic (exact) mass is 340 g/mol. The van der Waals surface area contributed by atoms with Crippen molar-refractivity contribution in [2.75, 3.05) is 6.61 Å². The number of rotatable bonds is 5. The molecule has 0 spiro atoms.